The van der Waals surface area contributed by atoms with E-state index >= 15 is 0 Å². The molecule has 1 amide bonds. The van der Waals surface area contributed by atoms with Gasteiger partial charge in [-0.05, 0) is 50.8 Å². The monoisotopic (exact) mass is 579 g/mol. The molecule has 208 valence electrons. The number of carbonyl (C=O) groups is 1. The van der Waals surface area contributed by atoms with Crippen molar-refractivity contribution in [2.24, 2.45) is 0 Å². The summed E-state index contributed by atoms with van der Waals surface area (Å²) >= 11 is 6.45. The van der Waals surface area contributed by atoms with Crippen molar-refractivity contribution in [1.29, 1.82) is 0 Å². The predicted molar refractivity (Wildman–Crippen MR) is 158 cm³/mol. The number of hydrogen-bond donors (Lipinski definition) is 3. The Morgan fingerprint density at radius 1 is 1.20 bits per heavy atom. The van der Waals surface area contributed by atoms with Crippen LogP contribution in [0.2, 0.25) is 5.02 Å². The third-order valence-electron chi connectivity index (χ3n) is 6.57. The fourth-order valence-electron chi connectivity index (χ4n) is 4.55. The molecule has 1 aliphatic rings. The van der Waals surface area contributed by atoms with Crippen molar-refractivity contribution in [3.05, 3.63) is 78.1 Å². The Kier molecular flexibility index (Phi) is 8.17. The smallest absolute Gasteiger partial charge is 0.248 e. The molecular formula is C28H30ClN7O3S. The maximum Gasteiger partial charge on any atom is 0.248 e. The summed E-state index contributed by atoms with van der Waals surface area (Å²) in [7, 11) is 0.108. The van der Waals surface area contributed by atoms with Crippen LogP contribution in [0.1, 0.15) is 6.42 Å². The van der Waals surface area contributed by atoms with E-state index in [9.17, 15) is 13.2 Å². The number of aromatic nitrogens is 3. The Hall–Kier alpha value is -3.77. The molecule has 0 saturated carbocycles. The normalized spacial score (nSPS) is 16.2. The van der Waals surface area contributed by atoms with Crippen molar-refractivity contribution in [3.8, 4) is 11.3 Å². The number of halogens is 1. The van der Waals surface area contributed by atoms with E-state index in [2.05, 4.69) is 25.6 Å². The molecule has 4 aromatic rings. The van der Waals surface area contributed by atoms with Crippen molar-refractivity contribution >= 4 is 50.1 Å². The van der Waals surface area contributed by atoms with Crippen molar-refractivity contribution in [3.63, 3.8) is 0 Å². The Morgan fingerprint density at radius 3 is 2.75 bits per heavy atom. The molecular weight excluding hydrogens is 550 g/mol. The highest BCUT2D eigenvalue weighted by Crippen LogP contribution is 2.32. The molecule has 0 spiro atoms. The van der Waals surface area contributed by atoms with Crippen LogP contribution >= 0.6 is 11.6 Å². The first-order valence-corrected chi connectivity index (χ1v) is 14.6. The zero-order chi connectivity index (χ0) is 28.3. The maximum absolute atomic E-state index is 13.3. The van der Waals surface area contributed by atoms with E-state index in [-0.39, 0.29) is 23.4 Å². The van der Waals surface area contributed by atoms with Crippen molar-refractivity contribution in [1.82, 2.24) is 24.2 Å². The Balaban J connectivity index is 1.23. The number of fused-ring (bicyclic) bond motifs is 1. The van der Waals surface area contributed by atoms with E-state index in [0.717, 1.165) is 16.5 Å². The van der Waals surface area contributed by atoms with Gasteiger partial charge < -0.3 is 20.5 Å². The van der Waals surface area contributed by atoms with Gasteiger partial charge in [0.05, 0.1) is 21.8 Å². The van der Waals surface area contributed by atoms with Crippen LogP contribution in [0, 0.1) is 0 Å². The molecule has 5 rings (SSSR count). The van der Waals surface area contributed by atoms with Crippen LogP contribution in [-0.4, -0.2) is 78.3 Å². The fourth-order valence-corrected chi connectivity index (χ4v) is 6.25. The minimum atomic E-state index is -3.71. The lowest BCUT2D eigenvalue weighted by molar-refractivity contribution is -0.111. The van der Waals surface area contributed by atoms with Gasteiger partial charge in [-0.25, -0.2) is 18.4 Å². The number of carbonyl (C=O) groups excluding carboxylic acids is 1. The van der Waals surface area contributed by atoms with Gasteiger partial charge in [-0.15, -0.1) is 0 Å². The van der Waals surface area contributed by atoms with Crippen LogP contribution in [0.15, 0.2) is 78.0 Å². The van der Waals surface area contributed by atoms with E-state index in [0.29, 0.717) is 41.9 Å². The first-order valence-electron chi connectivity index (χ1n) is 12.8. The quantitative estimate of drug-likeness (QED) is 0.254. The van der Waals surface area contributed by atoms with Gasteiger partial charge in [-0.1, -0.05) is 35.9 Å². The average molecular weight is 580 g/mol. The average Bonchev–Trinajstić information content (AvgIpc) is 3.58. The third-order valence-corrected chi connectivity index (χ3v) is 8.73. The van der Waals surface area contributed by atoms with E-state index in [1.54, 1.807) is 24.4 Å². The molecule has 2 aromatic carbocycles. The summed E-state index contributed by atoms with van der Waals surface area (Å²) in [5, 5.41) is 7.44. The number of H-pyrrole nitrogens is 1. The van der Waals surface area contributed by atoms with Crippen molar-refractivity contribution in [2.45, 2.75) is 17.4 Å². The molecule has 40 heavy (non-hydrogen) atoms. The second-order valence-corrected chi connectivity index (χ2v) is 12.2. The number of benzene rings is 2. The van der Waals surface area contributed by atoms with Gasteiger partial charge in [0.1, 0.15) is 0 Å². The second-order valence-electron chi connectivity index (χ2n) is 9.81. The molecule has 3 heterocycles. The molecule has 1 atom stereocenters. The molecule has 10 nitrogen and oxygen atoms in total. The second kappa shape index (κ2) is 11.8. The summed E-state index contributed by atoms with van der Waals surface area (Å²) in [6.07, 6.45) is 7.22. The first-order chi connectivity index (χ1) is 19.2. The van der Waals surface area contributed by atoms with Crippen LogP contribution < -0.4 is 10.6 Å². The SMILES string of the molecule is CN(C)CC=CC(=O)Nc1ccc(S(=O)(=O)N2CC[C@@H](Nc3ncc(Cl)c(-c4c[nH]c5ccccc45)n3)C2)cc1. The highest BCUT2D eigenvalue weighted by Gasteiger charge is 2.33. The van der Waals surface area contributed by atoms with Crippen LogP contribution in [0.4, 0.5) is 11.6 Å². The first kappa shape index (κ1) is 27.8. The summed E-state index contributed by atoms with van der Waals surface area (Å²) in [5.41, 5.74) is 2.96. The highest BCUT2D eigenvalue weighted by atomic mass is 35.5. The fraction of sp³-hybridized carbons (Fsp3) is 0.250. The number of amides is 1. The molecule has 0 radical (unpaired) electrons. The van der Waals surface area contributed by atoms with Gasteiger partial charge in [-0.2, -0.15) is 4.31 Å². The molecule has 1 fully saturated rings. The molecule has 1 saturated heterocycles. The number of nitrogens with one attached hydrogen (secondary N) is 3. The standard InChI is InChI=1S/C28H30ClN7O3S/c1-35(2)14-5-8-26(37)32-19-9-11-21(12-10-19)40(38,39)36-15-13-20(18-36)33-28-31-17-24(29)27(34-28)23-16-30-25-7-4-3-6-22(23)25/h3-12,16-17,20,30H,13-15,18H2,1-2H3,(H,32,37)(H,31,33,34)/t20-/m1/s1. The van der Waals surface area contributed by atoms with Crippen LogP contribution in [0.5, 0.6) is 0 Å². The highest BCUT2D eigenvalue weighted by molar-refractivity contribution is 7.89. The van der Waals surface area contributed by atoms with Crippen LogP contribution in [0.25, 0.3) is 22.2 Å². The number of rotatable bonds is 9. The summed E-state index contributed by atoms with van der Waals surface area (Å²) in [6, 6.07) is 13.9. The Labute approximate surface area is 238 Å². The van der Waals surface area contributed by atoms with E-state index in [1.165, 1.54) is 22.5 Å². The summed E-state index contributed by atoms with van der Waals surface area (Å²) in [6.45, 7) is 1.27. The minimum Gasteiger partial charge on any atom is -0.360 e. The number of sulfonamides is 1. The number of likely N-dealkylation sites (N-methyl/N-ethyl adjacent to an activating group) is 1. The van der Waals surface area contributed by atoms with Crippen LogP contribution in [-0.2, 0) is 14.8 Å². The van der Waals surface area contributed by atoms with Gasteiger partial charge in [-0.3, -0.25) is 4.79 Å². The topological polar surface area (TPSA) is 123 Å². The molecule has 0 unspecified atom stereocenters. The lowest BCUT2D eigenvalue weighted by atomic mass is 10.1. The number of anilines is 2. The van der Waals surface area contributed by atoms with Gasteiger partial charge in [0.15, 0.2) is 0 Å². The number of para-hydroxylation sites is 1. The molecule has 3 N–H and O–H groups in total. The summed E-state index contributed by atoms with van der Waals surface area (Å²) in [5.74, 6) is 0.108. The molecule has 2 aromatic heterocycles. The Bertz CT molecular complexity index is 1650. The van der Waals surface area contributed by atoms with Crippen LogP contribution in [0.3, 0.4) is 0 Å². The Morgan fingerprint density at radius 2 is 1.98 bits per heavy atom. The van der Waals surface area contributed by atoms with Gasteiger partial charge in [0.25, 0.3) is 0 Å². The van der Waals surface area contributed by atoms with E-state index < -0.39 is 10.0 Å². The van der Waals surface area contributed by atoms with Gasteiger partial charge >= 0.3 is 0 Å². The third kappa shape index (κ3) is 6.18. The van der Waals surface area contributed by atoms with E-state index in [4.69, 9.17) is 11.6 Å². The number of hydrogen-bond acceptors (Lipinski definition) is 7. The van der Waals surface area contributed by atoms with Gasteiger partial charge in [0, 0.05) is 60.1 Å². The summed E-state index contributed by atoms with van der Waals surface area (Å²) < 4.78 is 28.0. The minimum absolute atomic E-state index is 0.165. The molecule has 0 bridgehead atoms. The zero-order valence-corrected chi connectivity index (χ0v) is 23.7. The largest absolute Gasteiger partial charge is 0.360 e. The molecule has 12 heteroatoms. The van der Waals surface area contributed by atoms with E-state index in [1.807, 2.05) is 49.5 Å². The zero-order valence-electron chi connectivity index (χ0n) is 22.1. The number of nitrogens with zero attached hydrogens (tertiary/aromatic N) is 4. The van der Waals surface area contributed by atoms with Gasteiger partial charge in [0.2, 0.25) is 21.9 Å². The number of aromatic amines is 1. The summed E-state index contributed by atoms with van der Waals surface area (Å²) in [4.78, 5) is 26.4. The van der Waals surface area contributed by atoms with Crippen molar-refractivity contribution < 1.29 is 13.2 Å². The molecule has 1 aliphatic heterocycles. The lowest BCUT2D eigenvalue weighted by Gasteiger charge is -2.18. The van der Waals surface area contributed by atoms with Crippen molar-refractivity contribution in [2.75, 3.05) is 44.4 Å². The maximum atomic E-state index is 13.3. The lowest BCUT2D eigenvalue weighted by Crippen LogP contribution is -2.32. The molecule has 0 aliphatic carbocycles. The predicted octanol–water partition coefficient (Wildman–Crippen LogP) is 4.21.